The molecule has 1 atom stereocenters. The lowest BCUT2D eigenvalue weighted by molar-refractivity contribution is 0.0512. The van der Waals surface area contributed by atoms with Gasteiger partial charge in [0.25, 0.3) is 0 Å². The Hall–Kier alpha value is -0.420. The topological polar surface area (TPSA) is 47.5 Å². The van der Waals surface area contributed by atoms with E-state index in [1.807, 2.05) is 0 Å². The first-order chi connectivity index (χ1) is 5.38. The lowest BCUT2D eigenvalue weighted by Gasteiger charge is -2.31. The molecule has 1 heterocycles. The summed E-state index contributed by atoms with van der Waals surface area (Å²) in [6, 6.07) is 0. The van der Waals surface area contributed by atoms with E-state index < -0.39 is 0 Å². The van der Waals surface area contributed by atoms with Gasteiger partial charge in [0.1, 0.15) is 6.17 Å². The Kier molecular flexibility index (Phi) is 3.51. The lowest BCUT2D eigenvalue weighted by atomic mass is 10.3. The highest BCUT2D eigenvalue weighted by Gasteiger charge is 2.15. The number of hydrogen-bond donors (Lipinski definition) is 3. The summed E-state index contributed by atoms with van der Waals surface area (Å²) in [5.74, 6) is 0. The Morgan fingerprint density at radius 2 is 2.18 bits per heavy atom. The van der Waals surface area contributed by atoms with Crippen LogP contribution in [-0.4, -0.2) is 42.5 Å². The molecule has 1 unspecified atom stereocenters. The summed E-state index contributed by atoms with van der Waals surface area (Å²) in [4.78, 5) is 2.13. The zero-order chi connectivity index (χ0) is 8.10. The molecule has 1 fully saturated rings. The van der Waals surface area contributed by atoms with Crippen molar-refractivity contribution in [3.8, 4) is 0 Å². The predicted octanol–water partition coefficient (Wildman–Crippen LogP) is -0.617. The van der Waals surface area contributed by atoms with E-state index in [2.05, 4.69) is 22.3 Å². The van der Waals surface area contributed by atoms with E-state index in [4.69, 9.17) is 5.21 Å². The molecule has 1 aliphatic rings. The van der Waals surface area contributed by atoms with Crippen LogP contribution in [0.4, 0.5) is 0 Å². The average molecular weight is 157 g/mol. The second-order valence-electron chi connectivity index (χ2n) is 2.60. The third-order valence-corrected chi connectivity index (χ3v) is 1.90. The number of piperazine rings is 1. The molecule has 4 heteroatoms. The highest BCUT2D eigenvalue weighted by atomic mass is 16.5. The quantitative estimate of drug-likeness (QED) is 0.377. The smallest absolute Gasteiger partial charge is 0.102 e. The third kappa shape index (κ3) is 2.27. The van der Waals surface area contributed by atoms with Gasteiger partial charge in [-0.15, -0.1) is 6.58 Å². The second-order valence-corrected chi connectivity index (χ2v) is 2.60. The molecular formula is C7H15N3O. The monoisotopic (exact) mass is 157 g/mol. The van der Waals surface area contributed by atoms with Crippen molar-refractivity contribution in [1.29, 1.82) is 0 Å². The molecule has 0 bridgehead atoms. The molecule has 1 rings (SSSR count). The van der Waals surface area contributed by atoms with Gasteiger partial charge < -0.3 is 10.5 Å². The molecule has 0 aliphatic carbocycles. The first-order valence-corrected chi connectivity index (χ1v) is 3.85. The Balaban J connectivity index is 2.35. The van der Waals surface area contributed by atoms with Crippen molar-refractivity contribution in [3.63, 3.8) is 0 Å². The zero-order valence-corrected chi connectivity index (χ0v) is 6.58. The molecule has 0 saturated carbocycles. The first kappa shape index (κ1) is 8.67. The highest BCUT2D eigenvalue weighted by Crippen LogP contribution is 1.98. The first-order valence-electron chi connectivity index (χ1n) is 3.85. The van der Waals surface area contributed by atoms with Gasteiger partial charge in [0.15, 0.2) is 0 Å². The second kappa shape index (κ2) is 4.46. The van der Waals surface area contributed by atoms with Gasteiger partial charge in [-0.05, 0) is 0 Å². The highest BCUT2D eigenvalue weighted by molar-refractivity contribution is 4.85. The summed E-state index contributed by atoms with van der Waals surface area (Å²) < 4.78 is 0. The van der Waals surface area contributed by atoms with E-state index in [0.717, 1.165) is 26.2 Å². The number of rotatable bonds is 3. The van der Waals surface area contributed by atoms with Crippen LogP contribution in [-0.2, 0) is 0 Å². The summed E-state index contributed by atoms with van der Waals surface area (Å²) in [6.45, 7) is 7.48. The SMILES string of the molecule is C=CC(NO)N1CCNCC1. The summed E-state index contributed by atoms with van der Waals surface area (Å²) in [5, 5.41) is 11.9. The van der Waals surface area contributed by atoms with Crippen LogP contribution in [0.3, 0.4) is 0 Å². The fourth-order valence-corrected chi connectivity index (χ4v) is 1.24. The predicted molar refractivity (Wildman–Crippen MR) is 43.3 cm³/mol. The van der Waals surface area contributed by atoms with Gasteiger partial charge in [-0.2, -0.15) is 5.48 Å². The van der Waals surface area contributed by atoms with Gasteiger partial charge in [-0.3, -0.25) is 4.90 Å². The van der Waals surface area contributed by atoms with Crippen molar-refractivity contribution >= 4 is 0 Å². The van der Waals surface area contributed by atoms with E-state index in [-0.39, 0.29) is 6.17 Å². The molecule has 0 aromatic rings. The number of nitrogens with one attached hydrogen (secondary N) is 2. The van der Waals surface area contributed by atoms with Crippen LogP contribution < -0.4 is 10.8 Å². The van der Waals surface area contributed by atoms with Gasteiger partial charge in [0, 0.05) is 26.2 Å². The summed E-state index contributed by atoms with van der Waals surface area (Å²) in [7, 11) is 0. The summed E-state index contributed by atoms with van der Waals surface area (Å²) in [6.07, 6.45) is 1.60. The summed E-state index contributed by atoms with van der Waals surface area (Å²) in [5.41, 5.74) is 2.20. The Morgan fingerprint density at radius 1 is 1.55 bits per heavy atom. The molecule has 1 saturated heterocycles. The van der Waals surface area contributed by atoms with Crippen LogP contribution in [0, 0.1) is 0 Å². The molecule has 0 aromatic heterocycles. The molecule has 3 N–H and O–H groups in total. The van der Waals surface area contributed by atoms with Gasteiger partial charge in [0.2, 0.25) is 0 Å². The molecule has 64 valence electrons. The summed E-state index contributed by atoms with van der Waals surface area (Å²) >= 11 is 0. The van der Waals surface area contributed by atoms with E-state index in [1.165, 1.54) is 0 Å². The molecule has 0 spiro atoms. The van der Waals surface area contributed by atoms with Crippen LogP contribution in [0.2, 0.25) is 0 Å². The molecule has 4 nitrogen and oxygen atoms in total. The van der Waals surface area contributed by atoms with Crippen LogP contribution in [0.5, 0.6) is 0 Å². The number of nitrogens with zero attached hydrogens (tertiary/aromatic N) is 1. The zero-order valence-electron chi connectivity index (χ0n) is 6.58. The van der Waals surface area contributed by atoms with Crippen molar-refractivity contribution in [3.05, 3.63) is 12.7 Å². The maximum atomic E-state index is 8.69. The molecule has 0 amide bonds. The maximum Gasteiger partial charge on any atom is 0.102 e. The van der Waals surface area contributed by atoms with Crippen molar-refractivity contribution in [1.82, 2.24) is 15.7 Å². The minimum absolute atomic E-state index is 0.0999. The van der Waals surface area contributed by atoms with Crippen LogP contribution in [0.15, 0.2) is 12.7 Å². The maximum absolute atomic E-state index is 8.69. The van der Waals surface area contributed by atoms with Gasteiger partial charge >= 0.3 is 0 Å². The van der Waals surface area contributed by atoms with Crippen LogP contribution >= 0.6 is 0 Å². The normalized spacial score (nSPS) is 23.0. The molecule has 1 aliphatic heterocycles. The van der Waals surface area contributed by atoms with E-state index >= 15 is 0 Å². The molecular weight excluding hydrogens is 142 g/mol. The number of hydrogen-bond acceptors (Lipinski definition) is 4. The van der Waals surface area contributed by atoms with Crippen molar-refractivity contribution < 1.29 is 5.21 Å². The minimum atomic E-state index is -0.0999. The Labute approximate surface area is 66.8 Å². The number of hydroxylamine groups is 1. The average Bonchev–Trinajstić information content (AvgIpc) is 2.09. The van der Waals surface area contributed by atoms with Crippen molar-refractivity contribution in [2.75, 3.05) is 26.2 Å². The standard InChI is InChI=1S/C7H15N3O/c1-2-7(9-11)10-5-3-8-4-6-10/h2,7-9,11H,1,3-6H2. The van der Waals surface area contributed by atoms with E-state index in [0.29, 0.717) is 0 Å². The Morgan fingerprint density at radius 3 is 2.64 bits per heavy atom. The van der Waals surface area contributed by atoms with Gasteiger partial charge in [-0.1, -0.05) is 6.08 Å². The van der Waals surface area contributed by atoms with Gasteiger partial charge in [-0.25, -0.2) is 0 Å². The fourth-order valence-electron chi connectivity index (χ4n) is 1.24. The molecule has 0 aromatic carbocycles. The van der Waals surface area contributed by atoms with Crippen LogP contribution in [0.1, 0.15) is 0 Å². The van der Waals surface area contributed by atoms with E-state index in [9.17, 15) is 0 Å². The fraction of sp³-hybridized carbons (Fsp3) is 0.714. The molecule has 0 radical (unpaired) electrons. The van der Waals surface area contributed by atoms with Gasteiger partial charge in [0.05, 0.1) is 0 Å². The lowest BCUT2D eigenvalue weighted by Crippen LogP contribution is -2.52. The van der Waals surface area contributed by atoms with Crippen LogP contribution in [0.25, 0.3) is 0 Å². The largest absolute Gasteiger partial charge is 0.315 e. The minimum Gasteiger partial charge on any atom is -0.315 e. The Bertz CT molecular complexity index is 123. The molecule has 11 heavy (non-hydrogen) atoms. The van der Waals surface area contributed by atoms with Crippen molar-refractivity contribution in [2.24, 2.45) is 0 Å². The third-order valence-electron chi connectivity index (χ3n) is 1.90. The van der Waals surface area contributed by atoms with Crippen molar-refractivity contribution in [2.45, 2.75) is 6.17 Å². The van der Waals surface area contributed by atoms with E-state index in [1.54, 1.807) is 6.08 Å².